The first-order chi connectivity index (χ1) is 10.5. The number of phenolic OH excluding ortho intramolecular Hbond substituents is 1. The molecule has 2 atom stereocenters. The van der Waals surface area contributed by atoms with Crippen molar-refractivity contribution in [3.05, 3.63) is 29.8 Å². The molecule has 0 aromatic heterocycles. The van der Waals surface area contributed by atoms with Gasteiger partial charge in [0.25, 0.3) is 0 Å². The number of likely N-dealkylation sites (tertiary alicyclic amines) is 1. The van der Waals surface area contributed by atoms with Gasteiger partial charge < -0.3 is 20.5 Å². The van der Waals surface area contributed by atoms with Crippen molar-refractivity contribution in [1.29, 1.82) is 0 Å². The van der Waals surface area contributed by atoms with Gasteiger partial charge in [0.15, 0.2) is 0 Å². The third-order valence-corrected chi connectivity index (χ3v) is 3.80. The van der Waals surface area contributed by atoms with Gasteiger partial charge in [0.1, 0.15) is 11.8 Å². The quantitative estimate of drug-likeness (QED) is 0.786. The number of rotatable bonds is 5. The number of nitrogens with two attached hydrogens (primary N) is 1. The van der Waals surface area contributed by atoms with Crippen LogP contribution in [0.15, 0.2) is 24.3 Å². The number of phenols is 1. The molecule has 0 radical (unpaired) electrons. The highest BCUT2D eigenvalue weighted by molar-refractivity contribution is 5.88. The Hall–Kier alpha value is -2.08. The Morgan fingerprint density at radius 2 is 2.09 bits per heavy atom. The van der Waals surface area contributed by atoms with Crippen LogP contribution < -0.4 is 5.73 Å². The van der Waals surface area contributed by atoms with Crippen LogP contribution in [0.1, 0.15) is 25.3 Å². The molecule has 1 aliphatic heterocycles. The number of aromatic hydroxyl groups is 1. The van der Waals surface area contributed by atoms with Crippen molar-refractivity contribution in [3.63, 3.8) is 0 Å². The monoisotopic (exact) mass is 306 g/mol. The minimum absolute atomic E-state index is 0.172. The molecule has 120 valence electrons. The van der Waals surface area contributed by atoms with Crippen molar-refractivity contribution in [2.45, 2.75) is 38.3 Å². The van der Waals surface area contributed by atoms with Crippen molar-refractivity contribution in [1.82, 2.24) is 4.90 Å². The molecule has 2 rings (SSSR count). The van der Waals surface area contributed by atoms with E-state index in [1.165, 1.54) is 4.90 Å². The topological polar surface area (TPSA) is 92.9 Å². The van der Waals surface area contributed by atoms with Gasteiger partial charge in [-0.25, -0.2) is 4.79 Å². The molecule has 0 spiro atoms. The lowest BCUT2D eigenvalue weighted by molar-refractivity contribution is -0.153. The minimum Gasteiger partial charge on any atom is -0.508 e. The fourth-order valence-electron chi connectivity index (χ4n) is 2.70. The Balaban J connectivity index is 1.99. The second-order valence-corrected chi connectivity index (χ2v) is 5.42. The third kappa shape index (κ3) is 3.76. The maximum atomic E-state index is 12.5. The number of benzene rings is 1. The fourth-order valence-corrected chi connectivity index (χ4v) is 2.70. The van der Waals surface area contributed by atoms with E-state index in [-0.39, 0.29) is 17.6 Å². The zero-order valence-corrected chi connectivity index (χ0v) is 12.7. The molecule has 22 heavy (non-hydrogen) atoms. The Labute approximate surface area is 129 Å². The SMILES string of the molecule is CCOC(=O)[C@@H]1CCCN1C(=O)[C@@H](N)Cc1ccc(O)cc1. The summed E-state index contributed by atoms with van der Waals surface area (Å²) < 4.78 is 5.02. The molecule has 1 aromatic carbocycles. The van der Waals surface area contributed by atoms with Gasteiger partial charge in [0, 0.05) is 6.54 Å². The first-order valence-electron chi connectivity index (χ1n) is 7.53. The predicted molar refractivity (Wildman–Crippen MR) is 81.2 cm³/mol. The molecule has 1 saturated heterocycles. The standard InChI is InChI=1S/C16H22N2O4/c1-2-22-16(21)14-4-3-9-18(14)15(20)13(17)10-11-5-7-12(19)8-6-11/h5-8,13-14,19H,2-4,9-10,17H2,1H3/t13-,14-/m0/s1. The minimum atomic E-state index is -0.709. The van der Waals surface area contributed by atoms with Crippen LogP contribution in [0.2, 0.25) is 0 Å². The van der Waals surface area contributed by atoms with Crippen LogP contribution in [0.5, 0.6) is 5.75 Å². The molecule has 0 aliphatic carbocycles. The molecule has 6 heteroatoms. The molecule has 3 N–H and O–H groups in total. The van der Waals surface area contributed by atoms with Crippen molar-refractivity contribution in [2.75, 3.05) is 13.2 Å². The van der Waals surface area contributed by atoms with E-state index in [4.69, 9.17) is 10.5 Å². The van der Waals surface area contributed by atoms with Gasteiger partial charge >= 0.3 is 5.97 Å². The van der Waals surface area contributed by atoms with Crippen molar-refractivity contribution >= 4 is 11.9 Å². The van der Waals surface area contributed by atoms with Crippen LogP contribution in [-0.4, -0.2) is 47.1 Å². The van der Waals surface area contributed by atoms with Gasteiger partial charge in [-0.3, -0.25) is 4.79 Å². The first kappa shape index (κ1) is 16.3. The molecule has 6 nitrogen and oxygen atoms in total. The Morgan fingerprint density at radius 1 is 1.41 bits per heavy atom. The molecule has 1 aliphatic rings. The highest BCUT2D eigenvalue weighted by atomic mass is 16.5. The largest absolute Gasteiger partial charge is 0.508 e. The lowest BCUT2D eigenvalue weighted by atomic mass is 10.0. The van der Waals surface area contributed by atoms with Gasteiger partial charge in [-0.15, -0.1) is 0 Å². The molecule has 0 unspecified atom stereocenters. The van der Waals surface area contributed by atoms with Gasteiger partial charge in [-0.05, 0) is 43.9 Å². The van der Waals surface area contributed by atoms with Gasteiger partial charge in [0.05, 0.1) is 12.6 Å². The molecular formula is C16H22N2O4. The number of amides is 1. The fraction of sp³-hybridized carbons (Fsp3) is 0.500. The number of carbonyl (C=O) groups excluding carboxylic acids is 2. The molecular weight excluding hydrogens is 284 g/mol. The first-order valence-corrected chi connectivity index (χ1v) is 7.53. The van der Waals surface area contributed by atoms with E-state index < -0.39 is 12.1 Å². The van der Waals surface area contributed by atoms with E-state index in [0.717, 1.165) is 12.0 Å². The summed E-state index contributed by atoms with van der Waals surface area (Å²) in [7, 11) is 0. The Bertz CT molecular complexity index is 529. The van der Waals surface area contributed by atoms with E-state index in [0.29, 0.717) is 26.0 Å². The maximum Gasteiger partial charge on any atom is 0.328 e. The van der Waals surface area contributed by atoms with Crippen LogP contribution >= 0.6 is 0 Å². The normalized spacial score (nSPS) is 19.0. The zero-order chi connectivity index (χ0) is 16.1. The number of ether oxygens (including phenoxy) is 1. The zero-order valence-electron chi connectivity index (χ0n) is 12.7. The van der Waals surface area contributed by atoms with Gasteiger partial charge in [0.2, 0.25) is 5.91 Å². The second-order valence-electron chi connectivity index (χ2n) is 5.42. The Kier molecular flexibility index (Phi) is 5.38. The van der Waals surface area contributed by atoms with Crippen LogP contribution in [0.25, 0.3) is 0 Å². The average molecular weight is 306 g/mol. The van der Waals surface area contributed by atoms with Crippen LogP contribution in [0.4, 0.5) is 0 Å². The summed E-state index contributed by atoms with van der Waals surface area (Å²) in [5.41, 5.74) is 6.86. The number of esters is 1. The van der Waals surface area contributed by atoms with Gasteiger partial charge in [-0.2, -0.15) is 0 Å². The summed E-state index contributed by atoms with van der Waals surface area (Å²) >= 11 is 0. The van der Waals surface area contributed by atoms with Gasteiger partial charge in [-0.1, -0.05) is 12.1 Å². The van der Waals surface area contributed by atoms with Crippen molar-refractivity contribution in [2.24, 2.45) is 5.73 Å². The van der Waals surface area contributed by atoms with E-state index in [1.807, 2.05) is 0 Å². The average Bonchev–Trinajstić information content (AvgIpc) is 2.98. The van der Waals surface area contributed by atoms with E-state index in [1.54, 1.807) is 31.2 Å². The summed E-state index contributed by atoms with van der Waals surface area (Å²) in [4.78, 5) is 25.9. The number of carbonyl (C=O) groups is 2. The van der Waals surface area contributed by atoms with E-state index in [9.17, 15) is 14.7 Å². The summed E-state index contributed by atoms with van der Waals surface area (Å²) in [5, 5.41) is 9.26. The highest BCUT2D eigenvalue weighted by Crippen LogP contribution is 2.20. The lowest BCUT2D eigenvalue weighted by Gasteiger charge is -2.26. The van der Waals surface area contributed by atoms with Crippen LogP contribution in [-0.2, 0) is 20.7 Å². The summed E-state index contributed by atoms with van der Waals surface area (Å²) in [5.74, 6) is -0.417. The highest BCUT2D eigenvalue weighted by Gasteiger charge is 2.36. The van der Waals surface area contributed by atoms with E-state index >= 15 is 0 Å². The summed E-state index contributed by atoms with van der Waals surface area (Å²) in [6.07, 6.45) is 1.77. The Morgan fingerprint density at radius 3 is 2.73 bits per heavy atom. The summed E-state index contributed by atoms with van der Waals surface area (Å²) in [6, 6.07) is 5.36. The van der Waals surface area contributed by atoms with Crippen molar-refractivity contribution in [3.8, 4) is 5.75 Å². The predicted octanol–water partition coefficient (Wildman–Crippen LogP) is 0.816. The van der Waals surface area contributed by atoms with E-state index in [2.05, 4.69) is 0 Å². The third-order valence-electron chi connectivity index (χ3n) is 3.80. The molecule has 1 heterocycles. The number of nitrogens with zero attached hydrogens (tertiary/aromatic N) is 1. The van der Waals surface area contributed by atoms with Crippen LogP contribution in [0, 0.1) is 0 Å². The van der Waals surface area contributed by atoms with Crippen molar-refractivity contribution < 1.29 is 19.4 Å². The number of hydrogen-bond donors (Lipinski definition) is 2. The smallest absolute Gasteiger partial charge is 0.328 e. The van der Waals surface area contributed by atoms with Crippen LogP contribution in [0.3, 0.4) is 0 Å². The maximum absolute atomic E-state index is 12.5. The number of hydrogen-bond acceptors (Lipinski definition) is 5. The molecule has 0 saturated carbocycles. The molecule has 0 bridgehead atoms. The lowest BCUT2D eigenvalue weighted by Crippen LogP contribution is -2.49. The molecule has 1 amide bonds. The molecule has 1 fully saturated rings. The second kappa shape index (κ2) is 7.26. The summed E-state index contributed by atoms with van der Waals surface area (Å²) in [6.45, 7) is 2.58. The molecule has 1 aromatic rings.